The van der Waals surface area contributed by atoms with Crippen molar-refractivity contribution < 1.29 is 18.7 Å². The molecule has 2 amide bonds. The van der Waals surface area contributed by atoms with Crippen molar-refractivity contribution in [1.82, 2.24) is 4.90 Å². The van der Waals surface area contributed by atoms with E-state index < -0.39 is 5.82 Å². The molecule has 1 N–H and O–H groups in total. The Morgan fingerprint density at radius 2 is 2.15 bits per heavy atom. The smallest absolute Gasteiger partial charge is 0.322 e. The van der Waals surface area contributed by atoms with E-state index in [2.05, 4.69) is 5.32 Å². The van der Waals surface area contributed by atoms with Crippen LogP contribution in [-0.2, 0) is 4.74 Å². The van der Waals surface area contributed by atoms with Crippen molar-refractivity contribution in [1.29, 1.82) is 0 Å². The standard InChI is InChI=1S/C20H27FN2O3/c1-2-26-15-4-5-17(16(21)12-15)22-19(24)23-13-20(8-3-9-20)18(23)14-6-10-25-11-7-14/h4-5,12,14,18H,2-3,6-11,13H2,1H3,(H,22,24)/t18-/m1/s1. The molecule has 26 heavy (non-hydrogen) atoms. The van der Waals surface area contributed by atoms with Gasteiger partial charge in [0.1, 0.15) is 11.6 Å². The van der Waals surface area contributed by atoms with Gasteiger partial charge in [-0.25, -0.2) is 9.18 Å². The second-order valence-corrected chi connectivity index (χ2v) is 7.74. The van der Waals surface area contributed by atoms with Crippen molar-refractivity contribution in [3.05, 3.63) is 24.0 Å². The molecule has 2 saturated heterocycles. The van der Waals surface area contributed by atoms with Gasteiger partial charge in [0.2, 0.25) is 0 Å². The molecule has 1 aromatic rings. The molecule has 6 heteroatoms. The molecule has 1 saturated carbocycles. The molecule has 1 spiro atoms. The molecule has 4 rings (SSSR count). The molecule has 1 atom stereocenters. The molecule has 142 valence electrons. The molecular formula is C20H27FN2O3. The second-order valence-electron chi connectivity index (χ2n) is 7.74. The summed E-state index contributed by atoms with van der Waals surface area (Å²) >= 11 is 0. The highest BCUT2D eigenvalue weighted by atomic mass is 19.1. The van der Waals surface area contributed by atoms with E-state index in [4.69, 9.17) is 9.47 Å². The van der Waals surface area contributed by atoms with Crippen LogP contribution in [0.5, 0.6) is 5.75 Å². The predicted molar refractivity (Wildman–Crippen MR) is 96.9 cm³/mol. The largest absolute Gasteiger partial charge is 0.494 e. The van der Waals surface area contributed by atoms with Gasteiger partial charge in [-0.15, -0.1) is 0 Å². The number of amides is 2. The first-order valence-electron chi connectivity index (χ1n) is 9.71. The van der Waals surface area contributed by atoms with Gasteiger partial charge in [0.25, 0.3) is 0 Å². The highest BCUT2D eigenvalue weighted by molar-refractivity contribution is 5.90. The minimum atomic E-state index is -0.467. The molecule has 2 heterocycles. The number of nitrogens with one attached hydrogen (secondary N) is 1. The number of nitrogens with zero attached hydrogens (tertiary/aromatic N) is 1. The SMILES string of the molecule is CCOc1ccc(NC(=O)N2CC3(CCC3)[C@H]2C2CCOCC2)c(F)c1. The predicted octanol–water partition coefficient (Wildman–Crippen LogP) is 4.04. The Bertz CT molecular complexity index is 671. The number of carbonyl (C=O) groups excluding carboxylic acids is 1. The third kappa shape index (κ3) is 3.04. The fourth-order valence-corrected chi connectivity index (χ4v) is 4.86. The van der Waals surface area contributed by atoms with Gasteiger partial charge < -0.3 is 19.7 Å². The molecule has 0 radical (unpaired) electrons. The average molecular weight is 362 g/mol. The van der Waals surface area contributed by atoms with Gasteiger partial charge >= 0.3 is 6.03 Å². The molecular weight excluding hydrogens is 335 g/mol. The normalized spacial score (nSPS) is 24.7. The number of carbonyl (C=O) groups is 1. The fourth-order valence-electron chi connectivity index (χ4n) is 4.86. The third-order valence-electron chi connectivity index (χ3n) is 6.26. The van der Waals surface area contributed by atoms with Crippen LogP contribution in [0.2, 0.25) is 0 Å². The number of likely N-dealkylation sites (tertiary alicyclic amines) is 1. The Morgan fingerprint density at radius 3 is 2.77 bits per heavy atom. The zero-order valence-electron chi connectivity index (χ0n) is 15.3. The average Bonchev–Trinajstić information content (AvgIpc) is 2.56. The number of hydrogen-bond acceptors (Lipinski definition) is 3. The summed E-state index contributed by atoms with van der Waals surface area (Å²) in [6.45, 7) is 4.68. The van der Waals surface area contributed by atoms with Crippen molar-refractivity contribution in [3.63, 3.8) is 0 Å². The maximum Gasteiger partial charge on any atom is 0.322 e. The maximum atomic E-state index is 14.3. The van der Waals surface area contributed by atoms with Crippen LogP contribution in [0.25, 0.3) is 0 Å². The molecule has 0 aromatic heterocycles. The van der Waals surface area contributed by atoms with Crippen LogP contribution in [0.1, 0.15) is 39.0 Å². The molecule has 0 unspecified atom stereocenters. The third-order valence-corrected chi connectivity index (χ3v) is 6.26. The second kappa shape index (κ2) is 7.06. The van der Waals surface area contributed by atoms with E-state index in [0.29, 0.717) is 23.7 Å². The van der Waals surface area contributed by atoms with Crippen molar-refractivity contribution in [2.75, 3.05) is 31.7 Å². The lowest BCUT2D eigenvalue weighted by Gasteiger charge is -2.64. The number of urea groups is 1. The number of anilines is 1. The van der Waals surface area contributed by atoms with Crippen LogP contribution in [0.3, 0.4) is 0 Å². The summed E-state index contributed by atoms with van der Waals surface area (Å²) in [5, 5.41) is 2.76. The van der Waals surface area contributed by atoms with E-state index in [9.17, 15) is 9.18 Å². The van der Waals surface area contributed by atoms with Crippen LogP contribution in [0, 0.1) is 17.2 Å². The van der Waals surface area contributed by atoms with Crippen LogP contribution in [-0.4, -0.2) is 43.3 Å². The Morgan fingerprint density at radius 1 is 1.38 bits per heavy atom. The van der Waals surface area contributed by atoms with Crippen LogP contribution in [0.15, 0.2) is 18.2 Å². The minimum Gasteiger partial charge on any atom is -0.494 e. The molecule has 3 fully saturated rings. The van der Waals surface area contributed by atoms with E-state index in [1.807, 2.05) is 11.8 Å². The van der Waals surface area contributed by atoms with Gasteiger partial charge in [-0.05, 0) is 50.7 Å². The van der Waals surface area contributed by atoms with Gasteiger partial charge in [0.15, 0.2) is 0 Å². The zero-order chi connectivity index (χ0) is 18.1. The summed E-state index contributed by atoms with van der Waals surface area (Å²) in [6.07, 6.45) is 5.68. The van der Waals surface area contributed by atoms with Gasteiger partial charge in [0, 0.05) is 37.3 Å². The molecule has 2 aliphatic heterocycles. The zero-order valence-corrected chi connectivity index (χ0v) is 15.3. The van der Waals surface area contributed by atoms with Gasteiger partial charge in [0.05, 0.1) is 12.3 Å². The lowest BCUT2D eigenvalue weighted by Crippen LogP contribution is -2.72. The summed E-state index contributed by atoms with van der Waals surface area (Å²) < 4.78 is 25.1. The lowest BCUT2D eigenvalue weighted by molar-refractivity contribution is -0.135. The van der Waals surface area contributed by atoms with Crippen molar-refractivity contribution in [3.8, 4) is 5.75 Å². The van der Waals surface area contributed by atoms with Crippen molar-refractivity contribution in [2.45, 2.75) is 45.1 Å². The van der Waals surface area contributed by atoms with Gasteiger partial charge in [-0.3, -0.25) is 0 Å². The first-order valence-corrected chi connectivity index (χ1v) is 9.71. The summed E-state index contributed by atoms with van der Waals surface area (Å²) in [5.74, 6) is 0.500. The van der Waals surface area contributed by atoms with Crippen LogP contribution < -0.4 is 10.1 Å². The molecule has 0 bridgehead atoms. The Labute approximate surface area is 153 Å². The Kier molecular flexibility index (Phi) is 4.78. The number of halogens is 1. The summed E-state index contributed by atoms with van der Waals surface area (Å²) in [4.78, 5) is 14.7. The summed E-state index contributed by atoms with van der Waals surface area (Å²) in [5.41, 5.74) is 0.509. The molecule has 3 aliphatic rings. The molecule has 5 nitrogen and oxygen atoms in total. The highest BCUT2D eigenvalue weighted by Gasteiger charge is 2.59. The number of ether oxygens (including phenoxy) is 2. The van der Waals surface area contributed by atoms with Crippen LogP contribution >= 0.6 is 0 Å². The Balaban J connectivity index is 1.45. The fraction of sp³-hybridized carbons (Fsp3) is 0.650. The van der Waals surface area contributed by atoms with Gasteiger partial charge in [-0.2, -0.15) is 0 Å². The number of hydrogen-bond donors (Lipinski definition) is 1. The van der Waals surface area contributed by atoms with E-state index >= 15 is 0 Å². The van der Waals surface area contributed by atoms with E-state index in [0.717, 1.165) is 32.6 Å². The summed E-state index contributed by atoms with van der Waals surface area (Å²) in [7, 11) is 0. The Hall–Kier alpha value is -1.82. The van der Waals surface area contributed by atoms with Crippen molar-refractivity contribution in [2.24, 2.45) is 11.3 Å². The topological polar surface area (TPSA) is 50.8 Å². The number of benzene rings is 1. The molecule has 1 aromatic carbocycles. The highest BCUT2D eigenvalue weighted by Crippen LogP contribution is 2.56. The lowest BCUT2D eigenvalue weighted by atomic mass is 9.54. The van der Waals surface area contributed by atoms with Crippen LogP contribution in [0.4, 0.5) is 14.9 Å². The van der Waals surface area contributed by atoms with Gasteiger partial charge in [-0.1, -0.05) is 6.42 Å². The first-order chi connectivity index (χ1) is 12.6. The number of rotatable bonds is 4. The monoisotopic (exact) mass is 362 g/mol. The van der Waals surface area contributed by atoms with Crippen molar-refractivity contribution >= 4 is 11.7 Å². The first kappa shape index (κ1) is 17.6. The molecule has 1 aliphatic carbocycles. The maximum absolute atomic E-state index is 14.3. The minimum absolute atomic E-state index is 0.193. The summed E-state index contributed by atoms with van der Waals surface area (Å²) in [6, 6.07) is 4.65. The van der Waals surface area contributed by atoms with E-state index in [1.54, 1.807) is 12.1 Å². The van der Waals surface area contributed by atoms with E-state index in [-0.39, 0.29) is 17.8 Å². The quantitative estimate of drug-likeness (QED) is 0.880. The van der Waals surface area contributed by atoms with E-state index in [1.165, 1.54) is 25.3 Å².